The highest BCUT2D eigenvalue weighted by molar-refractivity contribution is 14.0. The van der Waals surface area contributed by atoms with E-state index >= 15 is 0 Å². The number of rotatable bonds is 9. The fourth-order valence-corrected chi connectivity index (χ4v) is 3.04. The first-order chi connectivity index (χ1) is 13.8. The van der Waals surface area contributed by atoms with Gasteiger partial charge < -0.3 is 19.8 Å². The van der Waals surface area contributed by atoms with Gasteiger partial charge in [-0.25, -0.2) is 4.98 Å². The van der Waals surface area contributed by atoms with E-state index in [0.717, 1.165) is 56.6 Å². The molecule has 156 valence electrons. The van der Waals surface area contributed by atoms with Crippen LogP contribution in [0.5, 0.6) is 0 Å². The summed E-state index contributed by atoms with van der Waals surface area (Å²) in [7, 11) is 1.78. The molecule has 9 heteroatoms. The summed E-state index contributed by atoms with van der Waals surface area (Å²) in [6.07, 6.45) is 7.35. The Balaban J connectivity index is 0.00000300. The number of aliphatic imine (C=N–C) groups is 1. The summed E-state index contributed by atoms with van der Waals surface area (Å²) in [5.41, 5.74) is 1.27. The van der Waals surface area contributed by atoms with E-state index in [0.29, 0.717) is 0 Å². The third-order valence-corrected chi connectivity index (χ3v) is 4.52. The number of aryl methyl sites for hydroxylation is 1. The van der Waals surface area contributed by atoms with Crippen LogP contribution in [0.3, 0.4) is 0 Å². The van der Waals surface area contributed by atoms with Crippen molar-refractivity contribution < 1.29 is 0 Å². The fourth-order valence-electron chi connectivity index (χ4n) is 3.04. The van der Waals surface area contributed by atoms with E-state index in [4.69, 9.17) is 0 Å². The Morgan fingerprint density at radius 3 is 2.62 bits per heavy atom. The largest absolute Gasteiger partial charge is 0.356 e. The van der Waals surface area contributed by atoms with Gasteiger partial charge >= 0.3 is 0 Å². The standard InChI is InChI=1S/C20H28N8.HI/c1-3-18-26-25-16-28(18)14-12-24-20(21-2)23-10-9-19-22-11-13-27(19)15-17-7-5-4-6-8-17;/h4-8,11,13,16H,3,9-10,12,14-15H2,1-2H3,(H2,21,23,24);1H. The summed E-state index contributed by atoms with van der Waals surface area (Å²) in [5, 5.41) is 14.7. The molecule has 0 aliphatic rings. The minimum Gasteiger partial charge on any atom is -0.356 e. The van der Waals surface area contributed by atoms with Crippen LogP contribution in [-0.2, 0) is 25.9 Å². The van der Waals surface area contributed by atoms with Crippen molar-refractivity contribution in [1.29, 1.82) is 0 Å². The van der Waals surface area contributed by atoms with Crippen molar-refractivity contribution in [3.63, 3.8) is 0 Å². The third-order valence-electron chi connectivity index (χ3n) is 4.52. The Morgan fingerprint density at radius 1 is 1.07 bits per heavy atom. The van der Waals surface area contributed by atoms with Gasteiger partial charge in [0.2, 0.25) is 0 Å². The highest BCUT2D eigenvalue weighted by Crippen LogP contribution is 2.05. The zero-order chi connectivity index (χ0) is 19.6. The van der Waals surface area contributed by atoms with Gasteiger partial charge in [-0.05, 0) is 5.56 Å². The number of hydrogen-bond acceptors (Lipinski definition) is 4. The lowest BCUT2D eigenvalue weighted by Gasteiger charge is -2.13. The zero-order valence-electron chi connectivity index (χ0n) is 17.0. The van der Waals surface area contributed by atoms with Gasteiger partial charge in [0.25, 0.3) is 0 Å². The maximum atomic E-state index is 4.50. The second kappa shape index (κ2) is 12.2. The van der Waals surface area contributed by atoms with E-state index in [9.17, 15) is 0 Å². The van der Waals surface area contributed by atoms with Crippen molar-refractivity contribution in [2.75, 3.05) is 20.1 Å². The molecule has 0 bridgehead atoms. The van der Waals surface area contributed by atoms with Crippen molar-refractivity contribution >= 4 is 29.9 Å². The van der Waals surface area contributed by atoms with E-state index in [-0.39, 0.29) is 24.0 Å². The predicted octanol–water partition coefficient (Wildman–Crippen LogP) is 2.11. The lowest BCUT2D eigenvalue weighted by Crippen LogP contribution is -2.40. The van der Waals surface area contributed by atoms with Crippen molar-refractivity contribution in [2.24, 2.45) is 4.99 Å². The molecular formula is C20H29IN8. The Labute approximate surface area is 188 Å². The average molecular weight is 508 g/mol. The van der Waals surface area contributed by atoms with Gasteiger partial charge in [-0.2, -0.15) is 0 Å². The maximum Gasteiger partial charge on any atom is 0.191 e. The van der Waals surface area contributed by atoms with Crippen molar-refractivity contribution in [2.45, 2.75) is 32.9 Å². The number of hydrogen-bond donors (Lipinski definition) is 2. The smallest absolute Gasteiger partial charge is 0.191 e. The van der Waals surface area contributed by atoms with Gasteiger partial charge in [-0.3, -0.25) is 4.99 Å². The van der Waals surface area contributed by atoms with E-state index in [1.165, 1.54) is 5.56 Å². The molecule has 0 amide bonds. The molecule has 1 aromatic carbocycles. The van der Waals surface area contributed by atoms with Crippen LogP contribution in [-0.4, -0.2) is 50.4 Å². The van der Waals surface area contributed by atoms with Crippen molar-refractivity contribution in [3.8, 4) is 0 Å². The Bertz CT molecular complexity index is 872. The second-order valence-corrected chi connectivity index (χ2v) is 6.43. The summed E-state index contributed by atoms with van der Waals surface area (Å²) < 4.78 is 4.24. The number of guanidine groups is 1. The van der Waals surface area contributed by atoms with Gasteiger partial charge in [0, 0.05) is 58.5 Å². The molecule has 0 atom stereocenters. The van der Waals surface area contributed by atoms with Crippen LogP contribution in [0.2, 0.25) is 0 Å². The SMILES string of the molecule is CCc1nncn1CCNC(=NC)NCCc1nccn1Cc1ccccc1.I. The van der Waals surface area contributed by atoms with Gasteiger partial charge in [-0.15, -0.1) is 34.2 Å². The van der Waals surface area contributed by atoms with Crippen LogP contribution >= 0.6 is 24.0 Å². The summed E-state index contributed by atoms with van der Waals surface area (Å²) in [5.74, 6) is 2.84. The van der Waals surface area contributed by atoms with E-state index in [1.807, 2.05) is 18.5 Å². The number of aromatic nitrogens is 5. The van der Waals surface area contributed by atoms with Crippen molar-refractivity contribution in [3.05, 3.63) is 66.3 Å². The number of nitrogens with zero attached hydrogens (tertiary/aromatic N) is 6. The minimum atomic E-state index is 0. The Kier molecular flexibility index (Phi) is 9.62. The molecule has 0 aliphatic carbocycles. The highest BCUT2D eigenvalue weighted by Gasteiger charge is 2.05. The highest BCUT2D eigenvalue weighted by atomic mass is 127. The number of benzene rings is 1. The predicted molar refractivity (Wildman–Crippen MR) is 126 cm³/mol. The zero-order valence-corrected chi connectivity index (χ0v) is 19.3. The van der Waals surface area contributed by atoms with Crippen LogP contribution in [0.1, 0.15) is 24.1 Å². The molecule has 0 saturated heterocycles. The molecule has 0 radical (unpaired) electrons. The summed E-state index contributed by atoms with van der Waals surface area (Å²) >= 11 is 0. The van der Waals surface area contributed by atoms with Crippen molar-refractivity contribution in [1.82, 2.24) is 34.9 Å². The molecule has 3 aromatic rings. The molecule has 0 spiro atoms. The molecule has 0 unspecified atom stereocenters. The topological polar surface area (TPSA) is 84.9 Å². The maximum absolute atomic E-state index is 4.50. The third kappa shape index (κ3) is 6.84. The lowest BCUT2D eigenvalue weighted by atomic mass is 10.2. The van der Waals surface area contributed by atoms with Gasteiger partial charge in [0.1, 0.15) is 18.0 Å². The molecule has 0 saturated carbocycles. The first-order valence-electron chi connectivity index (χ1n) is 9.65. The molecule has 8 nitrogen and oxygen atoms in total. The molecule has 2 aromatic heterocycles. The molecule has 2 N–H and O–H groups in total. The molecule has 29 heavy (non-hydrogen) atoms. The van der Waals surface area contributed by atoms with Gasteiger partial charge in [-0.1, -0.05) is 37.3 Å². The Hall–Kier alpha value is -2.43. The van der Waals surface area contributed by atoms with Crippen LogP contribution in [0.25, 0.3) is 0 Å². The first kappa shape index (κ1) is 22.9. The summed E-state index contributed by atoms with van der Waals surface area (Å²) in [4.78, 5) is 8.78. The Morgan fingerprint density at radius 2 is 1.86 bits per heavy atom. The second-order valence-electron chi connectivity index (χ2n) is 6.43. The number of nitrogens with one attached hydrogen (secondary N) is 2. The van der Waals surface area contributed by atoms with Crippen LogP contribution < -0.4 is 10.6 Å². The quantitative estimate of drug-likeness (QED) is 0.263. The molecule has 0 aliphatic heterocycles. The van der Waals surface area contributed by atoms with Crippen LogP contribution in [0.4, 0.5) is 0 Å². The van der Waals surface area contributed by atoms with Crippen LogP contribution in [0.15, 0.2) is 54.0 Å². The van der Waals surface area contributed by atoms with Gasteiger partial charge in [0.15, 0.2) is 5.96 Å². The first-order valence-corrected chi connectivity index (χ1v) is 9.65. The fraction of sp³-hybridized carbons (Fsp3) is 0.400. The van der Waals surface area contributed by atoms with E-state index in [1.54, 1.807) is 13.4 Å². The minimum absolute atomic E-state index is 0. The van der Waals surface area contributed by atoms with Gasteiger partial charge in [0.05, 0.1) is 0 Å². The monoisotopic (exact) mass is 508 g/mol. The van der Waals surface area contributed by atoms with Crippen LogP contribution in [0, 0.1) is 0 Å². The normalized spacial score (nSPS) is 11.2. The molecule has 3 rings (SSSR count). The molecule has 2 heterocycles. The van der Waals surface area contributed by atoms with E-state index < -0.39 is 0 Å². The average Bonchev–Trinajstić information content (AvgIpc) is 3.36. The lowest BCUT2D eigenvalue weighted by molar-refractivity contribution is 0.630. The van der Waals surface area contributed by atoms with E-state index in [2.05, 4.69) is 71.1 Å². The summed E-state index contributed by atoms with van der Waals surface area (Å²) in [6.45, 7) is 5.24. The molecule has 0 fully saturated rings. The number of imidazole rings is 1. The molecular weight excluding hydrogens is 479 g/mol. The number of halogens is 1. The summed E-state index contributed by atoms with van der Waals surface area (Å²) in [6, 6.07) is 10.4.